The third kappa shape index (κ3) is 4.44. The molecule has 1 N–H and O–H groups in total. The SMILES string of the molecule is Cc1cc(CCC(=O)O)cc(C)c1C.[Y]. The molecule has 2 nitrogen and oxygen atoms in total. The number of carboxylic acid groups (broad SMARTS) is 1. The van der Waals surface area contributed by atoms with Crippen LogP contribution in [0, 0.1) is 20.8 Å². The van der Waals surface area contributed by atoms with Crippen molar-refractivity contribution in [2.24, 2.45) is 0 Å². The van der Waals surface area contributed by atoms with Crippen LogP contribution in [0.15, 0.2) is 12.1 Å². The second-order valence-corrected chi connectivity index (χ2v) is 3.75. The first-order valence-corrected chi connectivity index (χ1v) is 4.79. The molecule has 0 fully saturated rings. The summed E-state index contributed by atoms with van der Waals surface area (Å²) in [5.41, 5.74) is 4.90. The zero-order valence-corrected chi connectivity index (χ0v) is 12.3. The second kappa shape index (κ2) is 6.39. The number of hydrogen-bond acceptors (Lipinski definition) is 1. The molecular weight excluding hydrogens is 265 g/mol. The Labute approximate surface area is 116 Å². The third-order valence-corrected chi connectivity index (χ3v) is 2.61. The van der Waals surface area contributed by atoms with Crippen molar-refractivity contribution in [2.45, 2.75) is 33.6 Å². The molecule has 0 aliphatic rings. The van der Waals surface area contributed by atoms with Crippen molar-refractivity contribution in [3.05, 3.63) is 34.4 Å². The van der Waals surface area contributed by atoms with Gasteiger partial charge in [-0.2, -0.15) is 0 Å². The number of aliphatic carboxylic acids is 1. The minimum Gasteiger partial charge on any atom is -0.481 e. The summed E-state index contributed by atoms with van der Waals surface area (Å²) in [6.45, 7) is 6.21. The minimum absolute atomic E-state index is 0. The third-order valence-electron chi connectivity index (χ3n) is 2.61. The predicted molar refractivity (Wildman–Crippen MR) is 56.6 cm³/mol. The van der Waals surface area contributed by atoms with E-state index in [0.717, 1.165) is 5.56 Å². The van der Waals surface area contributed by atoms with Crippen LogP contribution in [0.4, 0.5) is 0 Å². The fourth-order valence-electron chi connectivity index (χ4n) is 1.52. The van der Waals surface area contributed by atoms with Crippen molar-refractivity contribution in [3.8, 4) is 0 Å². The Morgan fingerprint density at radius 3 is 2.07 bits per heavy atom. The summed E-state index contributed by atoms with van der Waals surface area (Å²) in [6.07, 6.45) is 0.833. The van der Waals surface area contributed by atoms with Gasteiger partial charge in [-0.25, -0.2) is 0 Å². The molecular formula is C12H16O2Y. The Morgan fingerprint density at radius 1 is 1.20 bits per heavy atom. The van der Waals surface area contributed by atoms with Gasteiger partial charge in [0.05, 0.1) is 0 Å². The quantitative estimate of drug-likeness (QED) is 0.924. The summed E-state index contributed by atoms with van der Waals surface area (Å²) < 4.78 is 0. The van der Waals surface area contributed by atoms with Crippen molar-refractivity contribution in [2.75, 3.05) is 0 Å². The van der Waals surface area contributed by atoms with Gasteiger partial charge in [0.15, 0.2) is 0 Å². The maximum Gasteiger partial charge on any atom is 0.303 e. The average Bonchev–Trinajstić information content (AvgIpc) is 2.10. The van der Waals surface area contributed by atoms with Gasteiger partial charge < -0.3 is 5.11 Å². The Morgan fingerprint density at radius 2 is 1.67 bits per heavy atom. The van der Waals surface area contributed by atoms with E-state index in [0.29, 0.717) is 6.42 Å². The van der Waals surface area contributed by atoms with Gasteiger partial charge in [0.25, 0.3) is 0 Å². The van der Waals surface area contributed by atoms with Crippen molar-refractivity contribution >= 4 is 5.97 Å². The van der Waals surface area contributed by atoms with E-state index in [1.54, 1.807) is 0 Å². The van der Waals surface area contributed by atoms with Gasteiger partial charge in [0.2, 0.25) is 0 Å². The zero-order valence-electron chi connectivity index (χ0n) is 9.50. The Balaban J connectivity index is 0.00000196. The van der Waals surface area contributed by atoms with E-state index in [-0.39, 0.29) is 39.1 Å². The second-order valence-electron chi connectivity index (χ2n) is 3.75. The molecule has 0 atom stereocenters. The number of carboxylic acids is 1. The molecule has 0 aromatic heterocycles. The van der Waals surface area contributed by atoms with E-state index in [4.69, 9.17) is 5.11 Å². The van der Waals surface area contributed by atoms with Crippen molar-refractivity contribution in [1.29, 1.82) is 0 Å². The molecule has 1 rings (SSSR count). The molecule has 0 saturated heterocycles. The molecule has 0 heterocycles. The van der Waals surface area contributed by atoms with Crippen molar-refractivity contribution in [1.82, 2.24) is 0 Å². The van der Waals surface area contributed by atoms with E-state index in [1.807, 2.05) is 0 Å². The van der Waals surface area contributed by atoms with Crippen LogP contribution in [-0.4, -0.2) is 11.1 Å². The smallest absolute Gasteiger partial charge is 0.303 e. The first-order valence-electron chi connectivity index (χ1n) is 4.79. The number of aryl methyl sites for hydroxylation is 3. The topological polar surface area (TPSA) is 37.3 Å². The fourth-order valence-corrected chi connectivity index (χ4v) is 1.52. The number of hydrogen-bond donors (Lipinski definition) is 1. The molecule has 0 bridgehead atoms. The van der Waals surface area contributed by atoms with Crippen LogP contribution in [0.25, 0.3) is 0 Å². The van der Waals surface area contributed by atoms with Gasteiger partial charge in [-0.1, -0.05) is 12.1 Å². The van der Waals surface area contributed by atoms with Crippen LogP contribution in [0.2, 0.25) is 0 Å². The van der Waals surface area contributed by atoms with E-state index in [2.05, 4.69) is 32.9 Å². The largest absolute Gasteiger partial charge is 0.481 e. The van der Waals surface area contributed by atoms with E-state index in [1.165, 1.54) is 16.7 Å². The molecule has 0 saturated carbocycles. The van der Waals surface area contributed by atoms with E-state index < -0.39 is 5.97 Å². The van der Waals surface area contributed by atoms with Crippen LogP contribution in [0.5, 0.6) is 0 Å². The van der Waals surface area contributed by atoms with Crippen LogP contribution in [-0.2, 0) is 43.9 Å². The molecule has 1 aromatic rings. The zero-order chi connectivity index (χ0) is 10.7. The standard InChI is InChI=1S/C12H16O2.Y/c1-8-6-11(4-5-12(13)14)7-9(2)10(8)3;/h6-7H,4-5H2,1-3H3,(H,13,14);. The van der Waals surface area contributed by atoms with Crippen LogP contribution in [0.1, 0.15) is 28.7 Å². The molecule has 0 unspecified atom stereocenters. The molecule has 0 aliphatic carbocycles. The molecule has 0 amide bonds. The molecule has 79 valence electrons. The average molecular weight is 281 g/mol. The molecule has 0 aliphatic heterocycles. The van der Waals surface area contributed by atoms with Crippen molar-refractivity contribution in [3.63, 3.8) is 0 Å². The Bertz CT molecular complexity index is 336. The predicted octanol–water partition coefficient (Wildman–Crippen LogP) is 2.63. The van der Waals surface area contributed by atoms with Gasteiger partial charge in [-0.05, 0) is 49.4 Å². The minimum atomic E-state index is -0.735. The van der Waals surface area contributed by atoms with Crippen LogP contribution in [0.3, 0.4) is 0 Å². The summed E-state index contributed by atoms with van der Waals surface area (Å²) in [6, 6.07) is 4.15. The Kier molecular flexibility index (Phi) is 6.30. The van der Waals surface area contributed by atoms with Gasteiger partial charge in [-0.3, -0.25) is 4.79 Å². The molecule has 0 spiro atoms. The normalized spacial score (nSPS) is 9.53. The molecule has 1 radical (unpaired) electrons. The first kappa shape index (κ1) is 14.8. The molecule has 15 heavy (non-hydrogen) atoms. The summed E-state index contributed by atoms with van der Waals surface area (Å²) in [7, 11) is 0. The van der Waals surface area contributed by atoms with Gasteiger partial charge in [0, 0.05) is 39.1 Å². The fraction of sp³-hybridized carbons (Fsp3) is 0.417. The molecule has 1 aromatic carbocycles. The van der Waals surface area contributed by atoms with Crippen LogP contribution >= 0.6 is 0 Å². The summed E-state index contributed by atoms with van der Waals surface area (Å²) >= 11 is 0. The monoisotopic (exact) mass is 281 g/mol. The first-order chi connectivity index (χ1) is 6.50. The number of benzene rings is 1. The van der Waals surface area contributed by atoms with Gasteiger partial charge in [0.1, 0.15) is 0 Å². The summed E-state index contributed by atoms with van der Waals surface area (Å²) in [4.78, 5) is 10.4. The summed E-state index contributed by atoms with van der Waals surface area (Å²) in [5, 5.41) is 8.57. The van der Waals surface area contributed by atoms with Gasteiger partial charge >= 0.3 is 5.97 Å². The van der Waals surface area contributed by atoms with E-state index in [9.17, 15) is 4.79 Å². The van der Waals surface area contributed by atoms with Crippen molar-refractivity contribution < 1.29 is 42.6 Å². The summed E-state index contributed by atoms with van der Waals surface area (Å²) in [5.74, 6) is -0.735. The maximum absolute atomic E-state index is 10.4. The molecule has 3 heteroatoms. The van der Waals surface area contributed by atoms with Gasteiger partial charge in [-0.15, -0.1) is 0 Å². The Hall–Kier alpha value is -0.206. The van der Waals surface area contributed by atoms with Crippen LogP contribution < -0.4 is 0 Å². The van der Waals surface area contributed by atoms with E-state index >= 15 is 0 Å². The maximum atomic E-state index is 10.4. The number of carbonyl (C=O) groups is 1. The number of rotatable bonds is 3.